The minimum absolute atomic E-state index is 0.261. The van der Waals surface area contributed by atoms with E-state index in [4.69, 9.17) is 32.7 Å². The van der Waals surface area contributed by atoms with Crippen LogP contribution in [0.5, 0.6) is 17.2 Å². The van der Waals surface area contributed by atoms with Crippen LogP contribution in [-0.4, -0.2) is 30.1 Å². The van der Waals surface area contributed by atoms with Crippen LogP contribution in [0.4, 0.5) is 4.39 Å². The molecule has 6 nitrogen and oxygen atoms in total. The van der Waals surface area contributed by atoms with Gasteiger partial charge in [-0.1, -0.05) is 29.3 Å². The van der Waals surface area contributed by atoms with Gasteiger partial charge in [0.2, 0.25) is 0 Å². The molecular weight excluding hydrogens is 484 g/mol. The summed E-state index contributed by atoms with van der Waals surface area (Å²) < 4.78 is 24.6. The molecule has 0 spiro atoms. The molecule has 1 aliphatic heterocycles. The number of carboxylic acids is 1. The molecule has 176 valence electrons. The van der Waals surface area contributed by atoms with Gasteiger partial charge in [0.25, 0.3) is 5.91 Å². The number of aliphatic carboxylic acids is 1. The molecule has 0 radical (unpaired) electrons. The summed E-state index contributed by atoms with van der Waals surface area (Å²) in [7, 11) is 0. The molecule has 3 aromatic carbocycles. The van der Waals surface area contributed by atoms with E-state index in [-0.39, 0.29) is 10.9 Å². The molecule has 1 unspecified atom stereocenters. The van der Waals surface area contributed by atoms with Crippen LogP contribution >= 0.6 is 23.2 Å². The molecule has 1 amide bonds. The van der Waals surface area contributed by atoms with E-state index in [0.717, 1.165) is 5.56 Å². The van der Waals surface area contributed by atoms with Gasteiger partial charge in [-0.3, -0.25) is 9.59 Å². The molecule has 0 aliphatic carbocycles. The average Bonchev–Trinajstić information content (AvgIpc) is 2.81. The van der Waals surface area contributed by atoms with E-state index >= 15 is 0 Å². The van der Waals surface area contributed by atoms with Gasteiger partial charge < -0.3 is 19.9 Å². The zero-order chi connectivity index (χ0) is 24.2. The SMILES string of the molecule is O=C(NCCc1ccc(F)cc1Cl)c1ccc(Oc2cc3c(cc2Cl)C(C(=O)O)CCO3)cc1. The maximum Gasteiger partial charge on any atom is 0.311 e. The van der Waals surface area contributed by atoms with E-state index in [9.17, 15) is 19.1 Å². The molecular formula is C25H20Cl2FNO5. The maximum absolute atomic E-state index is 13.1. The van der Waals surface area contributed by atoms with Crippen LogP contribution in [-0.2, 0) is 11.2 Å². The third-order valence-electron chi connectivity index (χ3n) is 5.44. The summed E-state index contributed by atoms with van der Waals surface area (Å²) in [5.41, 5.74) is 1.69. The number of ether oxygens (including phenoxy) is 2. The average molecular weight is 504 g/mol. The normalized spacial score (nSPS) is 14.6. The number of rotatable bonds is 7. The molecule has 0 saturated heterocycles. The molecule has 0 bridgehead atoms. The van der Waals surface area contributed by atoms with E-state index in [2.05, 4.69) is 5.32 Å². The van der Waals surface area contributed by atoms with Crippen LogP contribution in [0, 0.1) is 5.82 Å². The number of hydrogen-bond acceptors (Lipinski definition) is 4. The van der Waals surface area contributed by atoms with Gasteiger partial charge in [-0.15, -0.1) is 0 Å². The molecule has 2 N–H and O–H groups in total. The zero-order valence-corrected chi connectivity index (χ0v) is 19.3. The Morgan fingerprint density at radius 1 is 1.09 bits per heavy atom. The van der Waals surface area contributed by atoms with Crippen molar-refractivity contribution in [3.05, 3.63) is 87.2 Å². The van der Waals surface area contributed by atoms with E-state index < -0.39 is 17.7 Å². The lowest BCUT2D eigenvalue weighted by atomic mass is 9.93. The zero-order valence-electron chi connectivity index (χ0n) is 17.8. The Morgan fingerprint density at radius 2 is 1.85 bits per heavy atom. The fourth-order valence-corrected chi connectivity index (χ4v) is 4.14. The maximum atomic E-state index is 13.1. The highest BCUT2D eigenvalue weighted by molar-refractivity contribution is 6.32. The summed E-state index contributed by atoms with van der Waals surface area (Å²) in [5, 5.41) is 12.8. The van der Waals surface area contributed by atoms with Gasteiger partial charge in [0.1, 0.15) is 23.1 Å². The molecule has 1 aliphatic rings. The Hall–Kier alpha value is -3.29. The molecule has 1 atom stereocenters. The van der Waals surface area contributed by atoms with Gasteiger partial charge in [-0.25, -0.2) is 4.39 Å². The second-order valence-electron chi connectivity index (χ2n) is 7.72. The predicted octanol–water partition coefficient (Wildman–Crippen LogP) is 5.85. The van der Waals surface area contributed by atoms with Crippen LogP contribution in [0.3, 0.4) is 0 Å². The van der Waals surface area contributed by atoms with Gasteiger partial charge in [0.15, 0.2) is 0 Å². The molecule has 0 fully saturated rings. The summed E-state index contributed by atoms with van der Waals surface area (Å²) in [6.07, 6.45) is 0.840. The second-order valence-corrected chi connectivity index (χ2v) is 8.53. The summed E-state index contributed by atoms with van der Waals surface area (Å²) in [5.74, 6) is -1.09. The van der Waals surface area contributed by atoms with Crippen LogP contribution in [0.1, 0.15) is 33.8 Å². The van der Waals surface area contributed by atoms with Crippen molar-refractivity contribution in [2.24, 2.45) is 0 Å². The minimum atomic E-state index is -0.927. The van der Waals surface area contributed by atoms with E-state index in [1.54, 1.807) is 42.5 Å². The van der Waals surface area contributed by atoms with Crippen LogP contribution in [0.2, 0.25) is 10.0 Å². The molecule has 0 saturated carbocycles. The predicted molar refractivity (Wildman–Crippen MR) is 126 cm³/mol. The Labute approximate surface area is 205 Å². The molecule has 0 aromatic heterocycles. The van der Waals surface area contributed by atoms with Crippen molar-refractivity contribution >= 4 is 35.1 Å². The molecule has 9 heteroatoms. The highest BCUT2D eigenvalue weighted by atomic mass is 35.5. The monoisotopic (exact) mass is 503 g/mol. The smallest absolute Gasteiger partial charge is 0.311 e. The number of carbonyl (C=O) groups is 2. The number of hydrogen-bond donors (Lipinski definition) is 2. The van der Waals surface area contributed by atoms with Crippen molar-refractivity contribution in [3.63, 3.8) is 0 Å². The Balaban J connectivity index is 1.38. The van der Waals surface area contributed by atoms with Crippen molar-refractivity contribution in [2.45, 2.75) is 18.8 Å². The van der Waals surface area contributed by atoms with Gasteiger partial charge in [-0.2, -0.15) is 0 Å². The molecule has 1 heterocycles. The number of fused-ring (bicyclic) bond motifs is 1. The fraction of sp³-hybridized carbons (Fsp3) is 0.200. The van der Waals surface area contributed by atoms with Crippen LogP contribution in [0.25, 0.3) is 0 Å². The fourth-order valence-electron chi connectivity index (χ4n) is 3.66. The topological polar surface area (TPSA) is 84.9 Å². The number of carbonyl (C=O) groups excluding carboxylic acids is 1. The number of carboxylic acid groups (broad SMARTS) is 1. The van der Waals surface area contributed by atoms with Crippen LogP contribution in [0.15, 0.2) is 54.6 Å². The highest BCUT2D eigenvalue weighted by Crippen LogP contribution is 2.41. The van der Waals surface area contributed by atoms with Crippen molar-refractivity contribution in [1.82, 2.24) is 5.32 Å². The number of nitrogens with one attached hydrogen (secondary N) is 1. The molecule has 34 heavy (non-hydrogen) atoms. The first kappa shape index (κ1) is 23.9. The lowest BCUT2D eigenvalue weighted by molar-refractivity contribution is -0.139. The van der Waals surface area contributed by atoms with E-state index in [1.165, 1.54) is 12.1 Å². The minimum Gasteiger partial charge on any atom is -0.493 e. The standard InChI is InChI=1S/C25H20Cl2FNO5/c26-20-11-16(28)4-1-14(20)7-9-29-24(30)15-2-5-17(6-3-15)34-23-13-22-19(12-21(23)27)18(25(31)32)8-10-33-22/h1-6,11-13,18H,7-10H2,(H,29,30)(H,31,32). The largest absolute Gasteiger partial charge is 0.493 e. The van der Waals surface area contributed by atoms with Gasteiger partial charge in [0.05, 0.1) is 17.5 Å². The second kappa shape index (κ2) is 10.3. The molecule has 4 rings (SSSR count). The van der Waals surface area contributed by atoms with Gasteiger partial charge >= 0.3 is 5.97 Å². The number of halogens is 3. The highest BCUT2D eigenvalue weighted by Gasteiger charge is 2.29. The Morgan fingerprint density at radius 3 is 2.56 bits per heavy atom. The third-order valence-corrected chi connectivity index (χ3v) is 6.09. The Kier molecular flexibility index (Phi) is 7.24. The first-order valence-corrected chi connectivity index (χ1v) is 11.3. The first-order chi connectivity index (χ1) is 16.3. The number of benzene rings is 3. The van der Waals surface area contributed by atoms with Crippen molar-refractivity contribution in [2.75, 3.05) is 13.2 Å². The van der Waals surface area contributed by atoms with E-state index in [1.807, 2.05) is 0 Å². The first-order valence-electron chi connectivity index (χ1n) is 10.5. The lowest BCUT2D eigenvalue weighted by Crippen LogP contribution is -2.25. The van der Waals surface area contributed by atoms with Gasteiger partial charge in [-0.05, 0) is 60.9 Å². The summed E-state index contributed by atoms with van der Waals surface area (Å²) in [4.78, 5) is 23.9. The van der Waals surface area contributed by atoms with Crippen LogP contribution < -0.4 is 14.8 Å². The van der Waals surface area contributed by atoms with Crippen molar-refractivity contribution < 1.29 is 28.6 Å². The summed E-state index contributed by atoms with van der Waals surface area (Å²) in [6.45, 7) is 0.632. The lowest BCUT2D eigenvalue weighted by Gasteiger charge is -2.24. The van der Waals surface area contributed by atoms with E-state index in [0.29, 0.717) is 59.4 Å². The quantitative estimate of drug-likeness (QED) is 0.422. The Bertz CT molecular complexity index is 1230. The van der Waals surface area contributed by atoms with Crippen molar-refractivity contribution in [1.29, 1.82) is 0 Å². The third kappa shape index (κ3) is 5.43. The molecule has 3 aromatic rings. The summed E-state index contributed by atoms with van der Waals surface area (Å²) >= 11 is 12.3. The summed E-state index contributed by atoms with van der Waals surface area (Å²) in [6, 6.07) is 13.8. The van der Waals surface area contributed by atoms with Crippen molar-refractivity contribution in [3.8, 4) is 17.2 Å². The van der Waals surface area contributed by atoms with Gasteiger partial charge in [0, 0.05) is 28.8 Å². The number of amides is 1.